The standard InChI is InChI=1S/C24H22F3NO4S2/c1-3-33-22-12-17(32-14-15-4-6-16(31-2)7-5-15)8-10-19(22)23(30)28-20-13-18(9-11-21(20)29)34-24(25,26)27/h4-13,29H,3,14H2,1-2H3,(H,28,30). The molecule has 34 heavy (non-hydrogen) atoms. The summed E-state index contributed by atoms with van der Waals surface area (Å²) in [6.07, 6.45) is 0. The van der Waals surface area contributed by atoms with Crippen LogP contribution in [-0.2, 0) is 6.61 Å². The van der Waals surface area contributed by atoms with Crippen LogP contribution in [0.3, 0.4) is 0 Å². The van der Waals surface area contributed by atoms with Crippen molar-refractivity contribution in [2.24, 2.45) is 0 Å². The Morgan fingerprint density at radius 3 is 2.38 bits per heavy atom. The fourth-order valence-electron chi connectivity index (χ4n) is 2.95. The number of halogens is 3. The first-order valence-corrected chi connectivity index (χ1v) is 11.9. The van der Waals surface area contributed by atoms with Gasteiger partial charge in [0.1, 0.15) is 23.9 Å². The average molecular weight is 510 g/mol. The van der Waals surface area contributed by atoms with Gasteiger partial charge in [-0.1, -0.05) is 19.1 Å². The van der Waals surface area contributed by atoms with Crippen molar-refractivity contribution in [3.63, 3.8) is 0 Å². The molecule has 0 aromatic heterocycles. The number of carbonyl (C=O) groups excluding carboxylic acids is 1. The molecule has 10 heteroatoms. The molecule has 0 aliphatic heterocycles. The number of benzene rings is 3. The number of amides is 1. The lowest BCUT2D eigenvalue weighted by Gasteiger charge is -2.14. The minimum atomic E-state index is -4.48. The van der Waals surface area contributed by atoms with Crippen molar-refractivity contribution in [1.82, 2.24) is 0 Å². The second-order valence-corrected chi connectivity index (χ2v) is 9.35. The minimum absolute atomic E-state index is 0.105. The second-order valence-electron chi connectivity index (χ2n) is 6.91. The van der Waals surface area contributed by atoms with Gasteiger partial charge in [-0.05, 0) is 71.6 Å². The van der Waals surface area contributed by atoms with Crippen LogP contribution in [0.15, 0.2) is 70.5 Å². The highest BCUT2D eigenvalue weighted by Gasteiger charge is 2.29. The van der Waals surface area contributed by atoms with Gasteiger partial charge in [0.25, 0.3) is 5.91 Å². The molecule has 0 bridgehead atoms. The molecule has 0 unspecified atom stereocenters. The Balaban J connectivity index is 1.75. The maximum Gasteiger partial charge on any atom is 0.446 e. The molecule has 3 aromatic carbocycles. The molecule has 1 amide bonds. The van der Waals surface area contributed by atoms with Gasteiger partial charge in [-0.15, -0.1) is 11.8 Å². The van der Waals surface area contributed by atoms with Crippen molar-refractivity contribution >= 4 is 35.1 Å². The first kappa shape index (κ1) is 25.6. The van der Waals surface area contributed by atoms with E-state index in [0.29, 0.717) is 28.6 Å². The Morgan fingerprint density at radius 2 is 1.74 bits per heavy atom. The largest absolute Gasteiger partial charge is 0.506 e. The number of nitrogens with one attached hydrogen (secondary N) is 1. The van der Waals surface area contributed by atoms with E-state index < -0.39 is 11.4 Å². The summed E-state index contributed by atoms with van der Waals surface area (Å²) in [6, 6.07) is 15.8. The van der Waals surface area contributed by atoms with Gasteiger partial charge in [0.05, 0.1) is 18.4 Å². The van der Waals surface area contributed by atoms with Gasteiger partial charge in [0, 0.05) is 9.79 Å². The molecule has 5 nitrogen and oxygen atoms in total. The van der Waals surface area contributed by atoms with Crippen LogP contribution in [0.5, 0.6) is 17.2 Å². The van der Waals surface area contributed by atoms with Gasteiger partial charge < -0.3 is 19.9 Å². The number of rotatable bonds is 9. The van der Waals surface area contributed by atoms with E-state index in [-0.39, 0.29) is 28.1 Å². The molecule has 0 saturated carbocycles. The lowest BCUT2D eigenvalue weighted by atomic mass is 10.2. The van der Waals surface area contributed by atoms with E-state index in [0.717, 1.165) is 29.5 Å². The quantitative estimate of drug-likeness (QED) is 0.240. The fraction of sp³-hybridized carbons (Fsp3) is 0.208. The molecule has 0 spiro atoms. The van der Waals surface area contributed by atoms with E-state index in [4.69, 9.17) is 9.47 Å². The maximum absolute atomic E-state index is 12.9. The maximum atomic E-state index is 12.9. The van der Waals surface area contributed by atoms with E-state index in [1.165, 1.54) is 11.8 Å². The molecule has 2 N–H and O–H groups in total. The summed E-state index contributed by atoms with van der Waals surface area (Å²) < 4.78 is 49.0. The third-order valence-corrected chi connectivity index (χ3v) is 6.17. The van der Waals surface area contributed by atoms with Gasteiger partial charge >= 0.3 is 5.51 Å². The number of hydrogen-bond donors (Lipinski definition) is 2. The molecule has 0 atom stereocenters. The van der Waals surface area contributed by atoms with Crippen molar-refractivity contribution in [3.05, 3.63) is 71.8 Å². The van der Waals surface area contributed by atoms with Crippen LogP contribution >= 0.6 is 23.5 Å². The molecule has 0 radical (unpaired) electrons. The Bertz CT molecular complexity index is 1140. The van der Waals surface area contributed by atoms with Crippen molar-refractivity contribution in [1.29, 1.82) is 0 Å². The molecule has 0 aliphatic rings. The molecule has 0 fully saturated rings. The van der Waals surface area contributed by atoms with Crippen LogP contribution in [0, 0.1) is 0 Å². The second kappa shape index (κ2) is 11.4. The molecule has 180 valence electrons. The van der Waals surface area contributed by atoms with E-state index in [1.54, 1.807) is 25.3 Å². The summed E-state index contributed by atoms with van der Waals surface area (Å²) in [6.45, 7) is 2.25. The Hall–Kier alpha value is -2.98. The highest BCUT2D eigenvalue weighted by atomic mass is 32.2. The van der Waals surface area contributed by atoms with Crippen LogP contribution in [0.25, 0.3) is 0 Å². The number of phenols is 1. The van der Waals surface area contributed by atoms with Gasteiger partial charge in [-0.3, -0.25) is 4.79 Å². The molecular weight excluding hydrogens is 487 g/mol. The van der Waals surface area contributed by atoms with Crippen molar-refractivity contribution < 1.29 is 32.5 Å². The SMILES string of the molecule is CCSc1cc(OCc2ccc(OC)cc2)ccc1C(=O)Nc1cc(SC(F)(F)F)ccc1O. The van der Waals surface area contributed by atoms with Crippen LogP contribution in [0.1, 0.15) is 22.8 Å². The van der Waals surface area contributed by atoms with Crippen LogP contribution in [0.4, 0.5) is 18.9 Å². The minimum Gasteiger partial charge on any atom is -0.506 e. The Morgan fingerprint density at radius 1 is 1.03 bits per heavy atom. The number of hydrogen-bond acceptors (Lipinski definition) is 6. The lowest BCUT2D eigenvalue weighted by molar-refractivity contribution is -0.0328. The van der Waals surface area contributed by atoms with Crippen molar-refractivity contribution in [2.45, 2.75) is 28.8 Å². The molecular formula is C24H22F3NO4S2. The molecule has 0 heterocycles. The van der Waals surface area contributed by atoms with Gasteiger partial charge in [0.2, 0.25) is 0 Å². The monoisotopic (exact) mass is 509 g/mol. The van der Waals surface area contributed by atoms with Gasteiger partial charge in [0.15, 0.2) is 0 Å². The molecule has 3 aromatic rings. The van der Waals surface area contributed by atoms with Crippen LogP contribution in [-0.4, -0.2) is 29.4 Å². The first-order chi connectivity index (χ1) is 16.2. The van der Waals surface area contributed by atoms with Gasteiger partial charge in [-0.25, -0.2) is 0 Å². The molecule has 0 aliphatic carbocycles. The summed E-state index contributed by atoms with van der Waals surface area (Å²) >= 11 is 1.10. The highest BCUT2D eigenvalue weighted by molar-refractivity contribution is 8.00. The number of aromatic hydroxyl groups is 1. The number of alkyl halides is 3. The zero-order valence-electron chi connectivity index (χ0n) is 18.3. The molecule has 0 saturated heterocycles. The summed E-state index contributed by atoms with van der Waals surface area (Å²) in [7, 11) is 1.59. The number of ether oxygens (including phenoxy) is 2. The van der Waals surface area contributed by atoms with E-state index >= 15 is 0 Å². The topological polar surface area (TPSA) is 67.8 Å². The normalized spacial score (nSPS) is 11.2. The van der Waals surface area contributed by atoms with Gasteiger partial charge in [-0.2, -0.15) is 13.2 Å². The van der Waals surface area contributed by atoms with E-state index in [1.807, 2.05) is 31.2 Å². The average Bonchev–Trinajstić information content (AvgIpc) is 2.79. The third-order valence-electron chi connectivity index (χ3n) is 4.51. The summed E-state index contributed by atoms with van der Waals surface area (Å²) in [5, 5.41) is 12.5. The zero-order valence-corrected chi connectivity index (χ0v) is 19.9. The van der Waals surface area contributed by atoms with Crippen LogP contribution in [0.2, 0.25) is 0 Å². The van der Waals surface area contributed by atoms with E-state index in [2.05, 4.69) is 5.32 Å². The zero-order chi connectivity index (χ0) is 24.7. The number of carbonyl (C=O) groups is 1. The molecule has 3 rings (SSSR count). The smallest absolute Gasteiger partial charge is 0.446 e. The summed E-state index contributed by atoms with van der Waals surface area (Å²) in [4.78, 5) is 13.4. The predicted octanol–water partition coefficient (Wildman–Crippen LogP) is 6.96. The van der Waals surface area contributed by atoms with Crippen molar-refractivity contribution in [3.8, 4) is 17.2 Å². The van der Waals surface area contributed by atoms with E-state index in [9.17, 15) is 23.1 Å². The summed E-state index contributed by atoms with van der Waals surface area (Å²) in [5.74, 6) is 1.11. The van der Waals surface area contributed by atoms with Crippen LogP contribution < -0.4 is 14.8 Å². The fourth-order valence-corrected chi connectivity index (χ4v) is 4.35. The third kappa shape index (κ3) is 7.26. The Labute approximate surface area is 203 Å². The summed E-state index contributed by atoms with van der Waals surface area (Å²) in [5.41, 5.74) is -3.33. The number of anilines is 1. The predicted molar refractivity (Wildman–Crippen MR) is 128 cm³/mol. The lowest BCUT2D eigenvalue weighted by Crippen LogP contribution is -2.13. The number of methoxy groups -OCH3 is 1. The van der Waals surface area contributed by atoms with Crippen molar-refractivity contribution in [2.75, 3.05) is 18.2 Å². The Kier molecular flexibility index (Phi) is 8.62. The highest BCUT2D eigenvalue weighted by Crippen LogP contribution is 2.39. The number of phenolic OH excluding ortho intramolecular Hbond substituents is 1. The number of thioether (sulfide) groups is 2. The first-order valence-electron chi connectivity index (χ1n) is 10.1.